The quantitative estimate of drug-likeness (QED) is 0.880. The molecular weight excluding hydrogens is 338 g/mol. The summed E-state index contributed by atoms with van der Waals surface area (Å²) in [5.74, 6) is -1.78. The summed E-state index contributed by atoms with van der Waals surface area (Å²) in [5.41, 5.74) is 1.87. The van der Waals surface area contributed by atoms with E-state index in [2.05, 4.69) is 15.9 Å². The molecule has 1 heterocycles. The van der Waals surface area contributed by atoms with Gasteiger partial charge in [-0.05, 0) is 24.1 Å². The molecule has 6 heteroatoms. The Morgan fingerprint density at radius 3 is 2.81 bits per heavy atom. The van der Waals surface area contributed by atoms with Crippen molar-refractivity contribution in [3.05, 3.63) is 33.8 Å². The van der Waals surface area contributed by atoms with Crippen LogP contribution in [0.15, 0.2) is 22.7 Å². The van der Waals surface area contributed by atoms with Gasteiger partial charge in [0.1, 0.15) is 0 Å². The molecule has 0 aliphatic carbocycles. The smallest absolute Gasteiger partial charge is 0.309 e. The number of carboxylic acid groups (broad SMARTS) is 1. The van der Waals surface area contributed by atoms with E-state index in [1.54, 1.807) is 12.0 Å². The fourth-order valence-corrected chi connectivity index (χ4v) is 2.98. The molecule has 1 aliphatic rings. The van der Waals surface area contributed by atoms with Crippen molar-refractivity contribution >= 4 is 27.8 Å². The van der Waals surface area contributed by atoms with Crippen LogP contribution in [-0.2, 0) is 14.3 Å². The van der Waals surface area contributed by atoms with Crippen LogP contribution in [0.1, 0.15) is 23.6 Å². The van der Waals surface area contributed by atoms with E-state index in [1.165, 1.54) is 0 Å². The van der Waals surface area contributed by atoms with E-state index < -0.39 is 17.9 Å². The molecule has 1 aromatic carbocycles. The van der Waals surface area contributed by atoms with Crippen molar-refractivity contribution in [2.45, 2.75) is 19.4 Å². The minimum absolute atomic E-state index is 0.0405. The molecule has 0 saturated carbocycles. The van der Waals surface area contributed by atoms with Crippen molar-refractivity contribution in [2.75, 3.05) is 20.3 Å². The Balaban J connectivity index is 2.38. The number of aliphatic carboxylic acids is 1. The second-order valence-corrected chi connectivity index (χ2v) is 6.04. The Bertz CT molecular complexity index is 561. The third kappa shape index (κ3) is 3.27. The molecule has 1 N–H and O–H groups in total. The molecular formula is C15H18BrNO4. The molecule has 114 valence electrons. The van der Waals surface area contributed by atoms with E-state index in [9.17, 15) is 14.7 Å². The molecule has 1 aliphatic heterocycles. The molecule has 0 bridgehead atoms. The Morgan fingerprint density at radius 2 is 2.24 bits per heavy atom. The van der Waals surface area contributed by atoms with Gasteiger partial charge in [0, 0.05) is 24.5 Å². The first-order valence-electron chi connectivity index (χ1n) is 6.73. The largest absolute Gasteiger partial charge is 0.481 e. The zero-order valence-corrected chi connectivity index (χ0v) is 13.6. The van der Waals surface area contributed by atoms with Crippen LogP contribution in [0, 0.1) is 12.8 Å². The highest BCUT2D eigenvalue weighted by atomic mass is 79.9. The van der Waals surface area contributed by atoms with Gasteiger partial charge >= 0.3 is 5.97 Å². The molecule has 0 aromatic heterocycles. The SMILES string of the molecule is COCCN1C(=O)CC(C(=O)O)C1c1ccc(Br)c(C)c1. The van der Waals surface area contributed by atoms with Crippen molar-refractivity contribution < 1.29 is 19.4 Å². The van der Waals surface area contributed by atoms with Crippen molar-refractivity contribution in [2.24, 2.45) is 5.92 Å². The van der Waals surface area contributed by atoms with Crippen LogP contribution in [0.5, 0.6) is 0 Å². The highest BCUT2D eigenvalue weighted by molar-refractivity contribution is 9.10. The second kappa shape index (κ2) is 6.58. The van der Waals surface area contributed by atoms with Crippen molar-refractivity contribution in [3.8, 4) is 0 Å². The van der Waals surface area contributed by atoms with E-state index in [4.69, 9.17) is 4.74 Å². The number of methoxy groups -OCH3 is 1. The van der Waals surface area contributed by atoms with Crippen molar-refractivity contribution in [1.82, 2.24) is 4.90 Å². The standard InChI is InChI=1S/C15H18BrNO4/c1-9-7-10(3-4-12(9)16)14-11(15(19)20)8-13(18)17(14)5-6-21-2/h3-4,7,11,14H,5-6,8H2,1-2H3,(H,19,20). The number of hydrogen-bond donors (Lipinski definition) is 1. The van der Waals surface area contributed by atoms with Gasteiger partial charge in [0.15, 0.2) is 0 Å². The van der Waals surface area contributed by atoms with Crippen molar-refractivity contribution in [3.63, 3.8) is 0 Å². The summed E-state index contributed by atoms with van der Waals surface area (Å²) in [7, 11) is 1.56. The number of carbonyl (C=O) groups excluding carboxylic acids is 1. The Labute approximate surface area is 132 Å². The van der Waals surface area contributed by atoms with Gasteiger partial charge < -0.3 is 14.7 Å². The van der Waals surface area contributed by atoms with Crippen LogP contribution in [0.3, 0.4) is 0 Å². The lowest BCUT2D eigenvalue weighted by molar-refractivity contribution is -0.142. The molecule has 1 aromatic rings. The normalized spacial score (nSPS) is 21.9. The van der Waals surface area contributed by atoms with Crippen LogP contribution in [-0.4, -0.2) is 42.1 Å². The maximum atomic E-state index is 12.1. The molecule has 2 rings (SSSR count). The first-order chi connectivity index (χ1) is 9.95. The summed E-state index contributed by atoms with van der Waals surface area (Å²) in [6, 6.07) is 5.26. The van der Waals surface area contributed by atoms with E-state index in [-0.39, 0.29) is 12.3 Å². The molecule has 5 nitrogen and oxygen atoms in total. The number of likely N-dealkylation sites (tertiary alicyclic amines) is 1. The Hall–Kier alpha value is -1.40. The number of rotatable bonds is 5. The number of benzene rings is 1. The minimum Gasteiger partial charge on any atom is -0.481 e. The third-order valence-corrected chi connectivity index (χ3v) is 4.70. The predicted molar refractivity (Wildman–Crippen MR) is 81.0 cm³/mol. The maximum absolute atomic E-state index is 12.1. The summed E-state index contributed by atoms with van der Waals surface area (Å²) in [4.78, 5) is 25.2. The van der Waals surface area contributed by atoms with Gasteiger partial charge in [-0.25, -0.2) is 0 Å². The lowest BCUT2D eigenvalue weighted by Crippen LogP contribution is -2.33. The van der Waals surface area contributed by atoms with Crippen LogP contribution in [0.2, 0.25) is 0 Å². The number of aryl methyl sites for hydroxylation is 1. The van der Waals surface area contributed by atoms with E-state index >= 15 is 0 Å². The summed E-state index contributed by atoms with van der Waals surface area (Å²) >= 11 is 3.43. The zero-order chi connectivity index (χ0) is 15.6. The summed E-state index contributed by atoms with van der Waals surface area (Å²) < 4.78 is 5.99. The lowest BCUT2D eigenvalue weighted by Gasteiger charge is -2.27. The average Bonchev–Trinajstić information content (AvgIpc) is 2.77. The van der Waals surface area contributed by atoms with Gasteiger partial charge in [0.25, 0.3) is 0 Å². The number of carboxylic acids is 1. The number of ether oxygens (including phenoxy) is 1. The highest BCUT2D eigenvalue weighted by Crippen LogP contribution is 2.39. The van der Waals surface area contributed by atoms with E-state index in [0.717, 1.165) is 15.6 Å². The molecule has 0 spiro atoms. The predicted octanol–water partition coefficient (Wildman–Crippen LogP) is 2.38. The fraction of sp³-hybridized carbons (Fsp3) is 0.467. The fourth-order valence-electron chi connectivity index (χ4n) is 2.73. The van der Waals surface area contributed by atoms with E-state index in [1.807, 2.05) is 25.1 Å². The molecule has 2 atom stereocenters. The molecule has 0 radical (unpaired) electrons. The topological polar surface area (TPSA) is 66.8 Å². The summed E-state index contributed by atoms with van der Waals surface area (Å²) in [5, 5.41) is 9.41. The first kappa shape index (κ1) is 16.0. The summed E-state index contributed by atoms with van der Waals surface area (Å²) in [6.07, 6.45) is 0.0405. The number of nitrogens with zero attached hydrogens (tertiary/aromatic N) is 1. The Morgan fingerprint density at radius 1 is 1.52 bits per heavy atom. The molecule has 1 fully saturated rings. The molecule has 21 heavy (non-hydrogen) atoms. The van der Waals surface area contributed by atoms with Gasteiger partial charge in [-0.3, -0.25) is 9.59 Å². The Kier molecular flexibility index (Phi) is 5.00. The average molecular weight is 356 g/mol. The minimum atomic E-state index is -0.936. The van der Waals surface area contributed by atoms with Crippen molar-refractivity contribution in [1.29, 1.82) is 0 Å². The number of halogens is 1. The van der Waals surface area contributed by atoms with Gasteiger partial charge in [-0.2, -0.15) is 0 Å². The maximum Gasteiger partial charge on any atom is 0.309 e. The van der Waals surface area contributed by atoms with Gasteiger partial charge in [-0.15, -0.1) is 0 Å². The summed E-state index contributed by atoms with van der Waals surface area (Å²) in [6.45, 7) is 2.74. The van der Waals surface area contributed by atoms with Gasteiger partial charge in [0.05, 0.1) is 18.6 Å². The molecule has 1 saturated heterocycles. The number of carbonyl (C=O) groups is 2. The van der Waals surface area contributed by atoms with Crippen LogP contribution < -0.4 is 0 Å². The lowest BCUT2D eigenvalue weighted by atomic mass is 9.93. The van der Waals surface area contributed by atoms with Gasteiger partial charge in [-0.1, -0.05) is 28.1 Å². The van der Waals surface area contributed by atoms with Gasteiger partial charge in [0.2, 0.25) is 5.91 Å². The number of amides is 1. The van der Waals surface area contributed by atoms with Crippen LogP contribution in [0.4, 0.5) is 0 Å². The first-order valence-corrected chi connectivity index (χ1v) is 7.52. The highest BCUT2D eigenvalue weighted by Gasteiger charge is 2.44. The van der Waals surface area contributed by atoms with E-state index in [0.29, 0.717) is 13.2 Å². The molecule has 2 unspecified atom stereocenters. The van der Waals surface area contributed by atoms with Crippen LogP contribution >= 0.6 is 15.9 Å². The zero-order valence-electron chi connectivity index (χ0n) is 12.0. The third-order valence-electron chi connectivity index (χ3n) is 3.81. The van der Waals surface area contributed by atoms with Crippen LogP contribution in [0.25, 0.3) is 0 Å². The number of hydrogen-bond acceptors (Lipinski definition) is 3. The second-order valence-electron chi connectivity index (χ2n) is 5.18. The molecule has 1 amide bonds. The monoisotopic (exact) mass is 355 g/mol.